The fraction of sp³-hybridized carbons (Fsp3) is 0. The van der Waals surface area contributed by atoms with E-state index in [2.05, 4.69) is 10.2 Å². The largest absolute Gasteiger partial charge is 0.477 e. The van der Waals surface area contributed by atoms with Gasteiger partial charge in [-0.3, -0.25) is 15.0 Å². The molecule has 0 bridgehead atoms. The molecule has 0 aliphatic carbocycles. The molecule has 2 aromatic rings. The third-order valence-electron chi connectivity index (χ3n) is 2.14. The fourth-order valence-electron chi connectivity index (χ4n) is 1.43. The predicted molar refractivity (Wildman–Crippen MR) is 58.8 cm³/mol. The quantitative estimate of drug-likeness (QED) is 0.745. The molecule has 0 atom stereocenters. The van der Waals surface area contributed by atoms with E-state index in [1.54, 1.807) is 24.3 Å². The number of H-pyrrole nitrogens is 2. The Bertz CT molecular complexity index is 600. The smallest absolute Gasteiger partial charge is 0.343 e. The monoisotopic (exact) mass is 238 g/mol. The standard InChI is InChI=1S/C10H7ClN2O3/c11-6-4-2-1-3-5(6)8-7(10(15)16)9(14)13-12-8/h1-4H,(H,15,16)(H2,12,13,14). The third kappa shape index (κ3) is 1.61. The zero-order chi connectivity index (χ0) is 11.7. The number of rotatable bonds is 2. The first-order valence-electron chi connectivity index (χ1n) is 4.40. The summed E-state index contributed by atoms with van der Waals surface area (Å²) in [5, 5.41) is 14.0. The van der Waals surface area contributed by atoms with E-state index in [4.69, 9.17) is 16.7 Å². The van der Waals surface area contributed by atoms with E-state index < -0.39 is 11.5 Å². The average Bonchev–Trinajstić information content (AvgIpc) is 2.61. The van der Waals surface area contributed by atoms with Gasteiger partial charge in [-0.15, -0.1) is 0 Å². The number of nitrogens with one attached hydrogen (secondary N) is 2. The van der Waals surface area contributed by atoms with Crippen LogP contribution in [0.2, 0.25) is 5.02 Å². The molecule has 0 unspecified atom stereocenters. The van der Waals surface area contributed by atoms with E-state index >= 15 is 0 Å². The number of aromatic nitrogens is 2. The summed E-state index contributed by atoms with van der Waals surface area (Å²) < 4.78 is 0. The average molecular weight is 239 g/mol. The normalized spacial score (nSPS) is 10.3. The van der Waals surface area contributed by atoms with Crippen molar-refractivity contribution in [2.24, 2.45) is 0 Å². The van der Waals surface area contributed by atoms with Crippen LogP contribution in [0.15, 0.2) is 29.1 Å². The molecule has 0 saturated carbocycles. The molecule has 0 fully saturated rings. The maximum Gasteiger partial charge on any atom is 0.343 e. The van der Waals surface area contributed by atoms with Crippen LogP contribution in [0.3, 0.4) is 0 Å². The van der Waals surface area contributed by atoms with E-state index in [1.165, 1.54) is 0 Å². The van der Waals surface area contributed by atoms with Gasteiger partial charge in [0.1, 0.15) is 0 Å². The van der Waals surface area contributed by atoms with Crippen LogP contribution in [0.5, 0.6) is 0 Å². The summed E-state index contributed by atoms with van der Waals surface area (Å²) in [5.41, 5.74) is -0.362. The van der Waals surface area contributed by atoms with Crippen LogP contribution in [-0.4, -0.2) is 21.3 Å². The summed E-state index contributed by atoms with van der Waals surface area (Å²) in [7, 11) is 0. The molecular weight excluding hydrogens is 232 g/mol. The van der Waals surface area contributed by atoms with E-state index in [0.717, 1.165) is 0 Å². The van der Waals surface area contributed by atoms with Gasteiger partial charge in [0.25, 0.3) is 5.56 Å². The van der Waals surface area contributed by atoms with Crippen LogP contribution < -0.4 is 5.56 Å². The Labute approximate surface area is 94.7 Å². The van der Waals surface area contributed by atoms with Crippen molar-refractivity contribution >= 4 is 17.6 Å². The third-order valence-corrected chi connectivity index (χ3v) is 2.46. The van der Waals surface area contributed by atoms with Crippen LogP contribution in [-0.2, 0) is 0 Å². The Balaban J connectivity index is 2.71. The number of halogens is 1. The highest BCUT2D eigenvalue weighted by Gasteiger charge is 2.19. The first-order chi connectivity index (χ1) is 7.61. The number of benzene rings is 1. The van der Waals surface area contributed by atoms with Gasteiger partial charge in [-0.05, 0) is 6.07 Å². The molecule has 1 aromatic carbocycles. The topological polar surface area (TPSA) is 85.9 Å². The van der Waals surface area contributed by atoms with Gasteiger partial charge in [-0.1, -0.05) is 29.8 Å². The highest BCUT2D eigenvalue weighted by molar-refractivity contribution is 6.33. The molecule has 2 rings (SSSR count). The summed E-state index contributed by atoms with van der Waals surface area (Å²) in [6.45, 7) is 0. The lowest BCUT2D eigenvalue weighted by Crippen LogP contribution is -2.12. The second-order valence-corrected chi connectivity index (χ2v) is 3.52. The van der Waals surface area contributed by atoms with Crippen LogP contribution in [0.4, 0.5) is 0 Å². The summed E-state index contributed by atoms with van der Waals surface area (Å²) in [5.74, 6) is -1.29. The summed E-state index contributed by atoms with van der Waals surface area (Å²) in [6, 6.07) is 6.68. The molecule has 0 saturated heterocycles. The second-order valence-electron chi connectivity index (χ2n) is 3.11. The van der Waals surface area contributed by atoms with Gasteiger partial charge in [0.05, 0.1) is 5.69 Å². The Kier molecular flexibility index (Phi) is 2.54. The maximum atomic E-state index is 11.3. The van der Waals surface area contributed by atoms with Crippen LogP contribution >= 0.6 is 11.6 Å². The number of aromatic amines is 2. The van der Waals surface area contributed by atoms with E-state index in [1.807, 2.05) is 0 Å². The molecule has 0 aliphatic rings. The fourth-order valence-corrected chi connectivity index (χ4v) is 1.66. The molecule has 16 heavy (non-hydrogen) atoms. The highest BCUT2D eigenvalue weighted by Crippen LogP contribution is 2.26. The lowest BCUT2D eigenvalue weighted by atomic mass is 10.1. The van der Waals surface area contributed by atoms with Crippen molar-refractivity contribution in [1.82, 2.24) is 10.2 Å². The highest BCUT2D eigenvalue weighted by atomic mass is 35.5. The van der Waals surface area contributed by atoms with Crippen LogP contribution in [0.1, 0.15) is 10.4 Å². The SMILES string of the molecule is O=C(O)c1c(-c2ccccc2Cl)[nH][nH]c1=O. The molecule has 5 nitrogen and oxygen atoms in total. The molecule has 0 radical (unpaired) electrons. The van der Waals surface area contributed by atoms with Crippen molar-refractivity contribution < 1.29 is 9.90 Å². The number of carbonyl (C=O) groups is 1. The molecule has 6 heteroatoms. The van der Waals surface area contributed by atoms with Crippen molar-refractivity contribution in [3.05, 3.63) is 45.2 Å². The van der Waals surface area contributed by atoms with E-state index in [0.29, 0.717) is 10.6 Å². The van der Waals surface area contributed by atoms with Crippen LogP contribution in [0.25, 0.3) is 11.3 Å². The minimum Gasteiger partial charge on any atom is -0.477 e. The van der Waals surface area contributed by atoms with Crippen molar-refractivity contribution in [1.29, 1.82) is 0 Å². The predicted octanol–water partition coefficient (Wildman–Crippen LogP) is 1.72. The van der Waals surface area contributed by atoms with E-state index in [9.17, 15) is 9.59 Å². The zero-order valence-electron chi connectivity index (χ0n) is 7.95. The minimum atomic E-state index is -1.29. The van der Waals surface area contributed by atoms with Gasteiger partial charge in [-0.25, -0.2) is 4.79 Å². The van der Waals surface area contributed by atoms with Gasteiger partial charge in [0, 0.05) is 10.6 Å². The molecule has 0 aliphatic heterocycles. The molecule has 3 N–H and O–H groups in total. The van der Waals surface area contributed by atoms with Gasteiger partial charge < -0.3 is 5.11 Å². The number of hydrogen-bond donors (Lipinski definition) is 3. The number of carboxylic acid groups (broad SMARTS) is 1. The molecule has 0 amide bonds. The van der Waals surface area contributed by atoms with Crippen LogP contribution in [0, 0.1) is 0 Å². The zero-order valence-corrected chi connectivity index (χ0v) is 8.71. The lowest BCUT2D eigenvalue weighted by Gasteiger charge is -2.01. The first-order valence-corrected chi connectivity index (χ1v) is 4.78. The molecule has 1 heterocycles. The molecule has 0 spiro atoms. The Morgan fingerprint density at radius 1 is 1.25 bits per heavy atom. The first kappa shape index (κ1) is 10.5. The number of carboxylic acids is 1. The minimum absolute atomic E-state index is 0.183. The van der Waals surface area contributed by atoms with Gasteiger partial charge >= 0.3 is 5.97 Å². The molecular formula is C10H7ClN2O3. The molecule has 82 valence electrons. The van der Waals surface area contributed by atoms with Crippen molar-refractivity contribution in [2.45, 2.75) is 0 Å². The summed E-state index contributed by atoms with van der Waals surface area (Å²) >= 11 is 5.92. The van der Waals surface area contributed by atoms with Gasteiger partial charge in [0.2, 0.25) is 0 Å². The Morgan fingerprint density at radius 2 is 1.94 bits per heavy atom. The van der Waals surface area contributed by atoms with Crippen molar-refractivity contribution in [3.63, 3.8) is 0 Å². The van der Waals surface area contributed by atoms with E-state index in [-0.39, 0.29) is 11.3 Å². The Morgan fingerprint density at radius 3 is 2.56 bits per heavy atom. The van der Waals surface area contributed by atoms with Gasteiger partial charge in [0.15, 0.2) is 5.56 Å². The second kappa shape index (κ2) is 3.86. The van der Waals surface area contributed by atoms with Crippen molar-refractivity contribution in [3.8, 4) is 11.3 Å². The number of aromatic carboxylic acids is 1. The summed E-state index contributed by atoms with van der Waals surface area (Å²) in [4.78, 5) is 22.2. The number of hydrogen-bond acceptors (Lipinski definition) is 2. The van der Waals surface area contributed by atoms with Crippen molar-refractivity contribution in [2.75, 3.05) is 0 Å². The van der Waals surface area contributed by atoms with Gasteiger partial charge in [-0.2, -0.15) is 0 Å². The lowest BCUT2D eigenvalue weighted by molar-refractivity contribution is 0.0696. The maximum absolute atomic E-state index is 11.3. The Hall–Kier alpha value is -2.01. The summed E-state index contributed by atoms with van der Waals surface area (Å²) in [6.07, 6.45) is 0. The molecule has 1 aromatic heterocycles.